The summed E-state index contributed by atoms with van der Waals surface area (Å²) in [5, 5.41) is 6.09. The molecule has 1 aliphatic rings. The summed E-state index contributed by atoms with van der Waals surface area (Å²) in [6, 6.07) is 20.0. The molecule has 0 saturated carbocycles. The van der Waals surface area contributed by atoms with Crippen molar-refractivity contribution < 1.29 is 28.5 Å². The van der Waals surface area contributed by atoms with Crippen molar-refractivity contribution in [2.24, 2.45) is 5.92 Å². The Morgan fingerprint density at radius 3 is 2.40 bits per heavy atom. The highest BCUT2D eigenvalue weighted by atomic mass is 16.6. The lowest BCUT2D eigenvalue weighted by atomic mass is 10.0. The van der Waals surface area contributed by atoms with Crippen molar-refractivity contribution in [3.8, 4) is 11.5 Å². The molecule has 3 aromatic rings. The Morgan fingerprint density at radius 1 is 0.956 bits per heavy atom. The van der Waals surface area contributed by atoms with E-state index in [4.69, 9.17) is 18.9 Å². The number of carbonyl (C=O) groups excluding carboxylic acids is 2. The van der Waals surface area contributed by atoms with E-state index in [1.807, 2.05) is 51.7 Å². The van der Waals surface area contributed by atoms with Crippen LogP contribution in [0.2, 0.25) is 0 Å². The number of ether oxygens (including phenoxy) is 4. The van der Waals surface area contributed by atoms with E-state index in [9.17, 15) is 9.59 Å². The summed E-state index contributed by atoms with van der Waals surface area (Å²) in [6.45, 7) is 12.8. The SMILES string of the molecule is COCCCOc1cc(C(=O)N(C[C@H]2CN(C(=O)OC(C)(C)C)C[C@H]2NCc2ccc3ccccc3c2)C(C)C)ccc1OC. The lowest BCUT2D eigenvalue weighted by Crippen LogP contribution is -2.46. The van der Waals surface area contributed by atoms with Gasteiger partial charge in [-0.2, -0.15) is 0 Å². The topological polar surface area (TPSA) is 89.6 Å². The Balaban J connectivity index is 1.53. The molecule has 1 fully saturated rings. The van der Waals surface area contributed by atoms with Crippen LogP contribution in [0.4, 0.5) is 4.79 Å². The van der Waals surface area contributed by atoms with Gasteiger partial charge in [0.05, 0.1) is 13.7 Å². The number of amides is 2. The Labute approximate surface area is 267 Å². The number of rotatable bonds is 13. The van der Waals surface area contributed by atoms with Crippen LogP contribution in [0.1, 0.15) is 57.0 Å². The number of nitrogens with one attached hydrogen (secondary N) is 1. The summed E-state index contributed by atoms with van der Waals surface area (Å²) in [5.74, 6) is 0.989. The number of hydrogen-bond donors (Lipinski definition) is 1. The molecule has 0 bridgehead atoms. The zero-order chi connectivity index (χ0) is 32.6. The van der Waals surface area contributed by atoms with Gasteiger partial charge in [-0.25, -0.2) is 4.79 Å². The maximum atomic E-state index is 14.0. The monoisotopic (exact) mass is 619 g/mol. The average Bonchev–Trinajstić information content (AvgIpc) is 3.42. The Hall–Kier alpha value is -3.82. The van der Waals surface area contributed by atoms with Crippen LogP contribution in [0.25, 0.3) is 10.8 Å². The first-order valence-electron chi connectivity index (χ1n) is 15.8. The van der Waals surface area contributed by atoms with Gasteiger partial charge in [0.15, 0.2) is 11.5 Å². The van der Waals surface area contributed by atoms with Gasteiger partial charge in [0.25, 0.3) is 5.91 Å². The van der Waals surface area contributed by atoms with Gasteiger partial charge in [-0.05, 0) is 75.2 Å². The molecule has 1 heterocycles. The highest BCUT2D eigenvalue weighted by molar-refractivity contribution is 5.95. The lowest BCUT2D eigenvalue weighted by Gasteiger charge is -2.32. The van der Waals surface area contributed by atoms with E-state index in [1.54, 1.807) is 37.3 Å². The fraction of sp³-hybridized carbons (Fsp3) is 0.500. The van der Waals surface area contributed by atoms with Gasteiger partial charge in [0.2, 0.25) is 0 Å². The van der Waals surface area contributed by atoms with Crippen LogP contribution >= 0.6 is 0 Å². The van der Waals surface area contributed by atoms with Crippen molar-refractivity contribution in [3.05, 3.63) is 71.8 Å². The third-order valence-corrected chi connectivity index (χ3v) is 7.95. The molecular weight excluding hydrogens is 570 g/mol. The van der Waals surface area contributed by atoms with E-state index in [2.05, 4.69) is 35.6 Å². The van der Waals surface area contributed by atoms with Crippen molar-refractivity contribution in [2.45, 2.75) is 65.3 Å². The van der Waals surface area contributed by atoms with E-state index in [1.165, 1.54) is 10.8 Å². The van der Waals surface area contributed by atoms with E-state index < -0.39 is 5.60 Å². The lowest BCUT2D eigenvalue weighted by molar-refractivity contribution is 0.0283. The Bertz CT molecular complexity index is 1440. The predicted molar refractivity (Wildman–Crippen MR) is 177 cm³/mol. The minimum atomic E-state index is -0.596. The number of hydrogen-bond acceptors (Lipinski definition) is 7. The van der Waals surface area contributed by atoms with Gasteiger partial charge in [-0.1, -0.05) is 36.4 Å². The van der Waals surface area contributed by atoms with Gasteiger partial charge in [0.1, 0.15) is 5.60 Å². The molecule has 1 saturated heterocycles. The molecule has 9 nitrogen and oxygen atoms in total. The maximum Gasteiger partial charge on any atom is 0.410 e. The summed E-state index contributed by atoms with van der Waals surface area (Å²) in [7, 11) is 3.24. The second-order valence-electron chi connectivity index (χ2n) is 12.9. The van der Waals surface area contributed by atoms with Crippen molar-refractivity contribution in [3.63, 3.8) is 0 Å². The number of nitrogens with zero attached hydrogens (tertiary/aromatic N) is 2. The standard InChI is InChI=1S/C36H49N3O6/c1-25(2)39(34(40)29-15-16-32(43-7)33(20-29)44-18-10-17-42-6)23-30-22-38(35(41)45-36(3,4)5)24-31(30)37-21-26-13-14-27-11-8-9-12-28(27)19-26/h8-9,11-16,19-20,25,30-31,37H,10,17-18,21-24H2,1-7H3/t30-,31-/m1/s1. The second kappa shape index (κ2) is 15.5. The highest BCUT2D eigenvalue weighted by Gasteiger charge is 2.39. The van der Waals surface area contributed by atoms with Crippen LogP contribution in [0, 0.1) is 5.92 Å². The zero-order valence-electron chi connectivity index (χ0n) is 27.8. The average molecular weight is 620 g/mol. The molecule has 1 N–H and O–H groups in total. The van der Waals surface area contributed by atoms with Gasteiger partial charge < -0.3 is 34.1 Å². The van der Waals surface area contributed by atoms with Gasteiger partial charge >= 0.3 is 6.09 Å². The number of carbonyl (C=O) groups is 2. The van der Waals surface area contributed by atoms with Crippen LogP contribution in [0.5, 0.6) is 11.5 Å². The Morgan fingerprint density at radius 2 is 1.71 bits per heavy atom. The van der Waals surface area contributed by atoms with Crippen LogP contribution in [0.3, 0.4) is 0 Å². The summed E-state index contributed by atoms with van der Waals surface area (Å²) >= 11 is 0. The highest BCUT2D eigenvalue weighted by Crippen LogP contribution is 2.30. The van der Waals surface area contributed by atoms with Gasteiger partial charge in [-0.15, -0.1) is 0 Å². The molecule has 0 aromatic heterocycles. The zero-order valence-corrected chi connectivity index (χ0v) is 27.8. The molecule has 3 aromatic carbocycles. The molecule has 9 heteroatoms. The summed E-state index contributed by atoms with van der Waals surface area (Å²) in [4.78, 5) is 30.8. The first kappa shape index (κ1) is 34.1. The van der Waals surface area contributed by atoms with Gasteiger partial charge in [0, 0.05) is 69.9 Å². The molecule has 4 rings (SSSR count). The normalized spacial score (nSPS) is 16.7. The number of likely N-dealkylation sites (tertiary alicyclic amines) is 1. The van der Waals surface area contributed by atoms with Crippen molar-refractivity contribution in [1.29, 1.82) is 0 Å². The molecule has 1 aliphatic heterocycles. The third kappa shape index (κ3) is 9.34. The molecule has 244 valence electrons. The molecule has 0 spiro atoms. The minimum Gasteiger partial charge on any atom is -0.493 e. The first-order chi connectivity index (χ1) is 21.5. The fourth-order valence-corrected chi connectivity index (χ4v) is 5.62. The van der Waals surface area contributed by atoms with Gasteiger partial charge in [-0.3, -0.25) is 4.79 Å². The predicted octanol–water partition coefficient (Wildman–Crippen LogP) is 6.14. The quantitative estimate of drug-likeness (QED) is 0.230. The van der Waals surface area contributed by atoms with Crippen LogP contribution < -0.4 is 14.8 Å². The van der Waals surface area contributed by atoms with Crippen LogP contribution in [-0.4, -0.2) is 86.6 Å². The molecule has 0 aliphatic carbocycles. The molecule has 2 atom stereocenters. The molecular formula is C36H49N3O6. The van der Waals surface area contributed by atoms with Crippen LogP contribution in [0.15, 0.2) is 60.7 Å². The number of methoxy groups -OCH3 is 2. The molecule has 0 unspecified atom stereocenters. The summed E-state index contributed by atoms with van der Waals surface area (Å²) in [5.41, 5.74) is 1.09. The molecule has 2 amide bonds. The van der Waals surface area contributed by atoms with E-state index in [0.29, 0.717) is 56.5 Å². The van der Waals surface area contributed by atoms with E-state index >= 15 is 0 Å². The largest absolute Gasteiger partial charge is 0.493 e. The van der Waals surface area contributed by atoms with E-state index in [0.717, 1.165) is 12.0 Å². The van der Waals surface area contributed by atoms with Crippen molar-refractivity contribution >= 4 is 22.8 Å². The molecule has 45 heavy (non-hydrogen) atoms. The first-order valence-corrected chi connectivity index (χ1v) is 15.8. The Kier molecular flexibility index (Phi) is 11.7. The van der Waals surface area contributed by atoms with Crippen molar-refractivity contribution in [1.82, 2.24) is 15.1 Å². The second-order valence-corrected chi connectivity index (χ2v) is 12.9. The number of fused-ring (bicyclic) bond motifs is 1. The summed E-state index contributed by atoms with van der Waals surface area (Å²) < 4.78 is 22.3. The van der Waals surface area contributed by atoms with Crippen LogP contribution in [-0.2, 0) is 16.0 Å². The minimum absolute atomic E-state index is 0.00710. The fourth-order valence-electron chi connectivity index (χ4n) is 5.62. The van der Waals surface area contributed by atoms with E-state index in [-0.39, 0.29) is 30.0 Å². The smallest absolute Gasteiger partial charge is 0.410 e. The summed E-state index contributed by atoms with van der Waals surface area (Å²) in [6.07, 6.45) is 0.384. The maximum absolute atomic E-state index is 14.0. The molecule has 0 radical (unpaired) electrons. The number of benzene rings is 3. The third-order valence-electron chi connectivity index (χ3n) is 7.95. The van der Waals surface area contributed by atoms with Crippen molar-refractivity contribution in [2.75, 3.05) is 47.1 Å².